The molecule has 0 aliphatic carbocycles. The zero-order valence-electron chi connectivity index (χ0n) is 12.0. The fraction of sp³-hybridized carbons (Fsp3) is 0.0714. The summed E-state index contributed by atoms with van der Waals surface area (Å²) in [7, 11) is -2.99. The summed E-state index contributed by atoms with van der Waals surface area (Å²) in [5, 5.41) is 9.90. The lowest BCUT2D eigenvalue weighted by molar-refractivity contribution is 0.0600. The second kappa shape index (κ2) is 7.18. The number of sulfonamides is 1. The van der Waals surface area contributed by atoms with Crippen LogP contribution < -0.4 is 4.72 Å². The molecule has 0 spiro atoms. The standard InChI is InChI=1S/C14H10BrCl2NO5S/c1-23-14(20)7-2-9(16)6-10(3-7)18-24(21,22)12-5-8(15)4-11(17)13(12)19/h2-6,18-19H,1H3. The average Bonchev–Trinajstić information content (AvgIpc) is 2.48. The van der Waals surface area contributed by atoms with Crippen molar-refractivity contribution in [3.63, 3.8) is 0 Å². The third-order valence-electron chi connectivity index (χ3n) is 2.85. The van der Waals surface area contributed by atoms with Gasteiger partial charge in [-0.25, -0.2) is 13.2 Å². The molecule has 0 atom stereocenters. The zero-order valence-corrected chi connectivity index (χ0v) is 15.9. The first-order valence-corrected chi connectivity index (χ1v) is 9.27. The van der Waals surface area contributed by atoms with Crippen molar-refractivity contribution in [3.05, 3.63) is 50.4 Å². The minimum Gasteiger partial charge on any atom is -0.505 e. The normalized spacial score (nSPS) is 11.2. The Kier molecular flexibility index (Phi) is 5.64. The molecule has 0 saturated heterocycles. The van der Waals surface area contributed by atoms with Gasteiger partial charge in [0.15, 0.2) is 5.75 Å². The van der Waals surface area contributed by atoms with E-state index in [2.05, 4.69) is 25.4 Å². The van der Waals surface area contributed by atoms with Gasteiger partial charge in [-0.2, -0.15) is 0 Å². The highest BCUT2D eigenvalue weighted by Crippen LogP contribution is 2.35. The number of carbonyl (C=O) groups excluding carboxylic acids is 1. The number of anilines is 1. The first kappa shape index (κ1) is 18.9. The highest BCUT2D eigenvalue weighted by Gasteiger charge is 2.22. The number of aromatic hydroxyl groups is 1. The molecule has 0 aromatic heterocycles. The van der Waals surface area contributed by atoms with Crippen molar-refractivity contribution >= 4 is 60.8 Å². The molecule has 128 valence electrons. The minimum absolute atomic E-state index is 0.0263. The van der Waals surface area contributed by atoms with Crippen molar-refractivity contribution in [2.24, 2.45) is 0 Å². The van der Waals surface area contributed by atoms with Gasteiger partial charge in [0, 0.05) is 9.50 Å². The highest BCUT2D eigenvalue weighted by molar-refractivity contribution is 9.10. The largest absolute Gasteiger partial charge is 0.505 e. The molecule has 0 amide bonds. The van der Waals surface area contributed by atoms with E-state index < -0.39 is 26.6 Å². The summed E-state index contributed by atoms with van der Waals surface area (Å²) in [6, 6.07) is 6.44. The summed E-state index contributed by atoms with van der Waals surface area (Å²) < 4.78 is 32.1. The Morgan fingerprint density at radius 1 is 1.21 bits per heavy atom. The predicted octanol–water partition coefficient (Wildman–Crippen LogP) is 4.05. The number of carbonyl (C=O) groups is 1. The second-order valence-corrected chi connectivity index (χ2v) is 7.97. The fourth-order valence-corrected chi connectivity index (χ4v) is 4.28. The maximum Gasteiger partial charge on any atom is 0.337 e. The van der Waals surface area contributed by atoms with Gasteiger partial charge in [0.05, 0.1) is 23.4 Å². The molecule has 0 unspecified atom stereocenters. The van der Waals surface area contributed by atoms with E-state index in [1.165, 1.54) is 37.4 Å². The summed E-state index contributed by atoms with van der Waals surface area (Å²) in [6.45, 7) is 0. The van der Waals surface area contributed by atoms with E-state index in [1.807, 2.05) is 0 Å². The molecule has 2 aromatic carbocycles. The van der Waals surface area contributed by atoms with Gasteiger partial charge in [-0.3, -0.25) is 4.72 Å². The van der Waals surface area contributed by atoms with Crippen LogP contribution in [-0.4, -0.2) is 26.6 Å². The Morgan fingerprint density at radius 3 is 2.50 bits per heavy atom. The summed E-state index contributed by atoms with van der Waals surface area (Å²) in [4.78, 5) is 11.1. The van der Waals surface area contributed by atoms with Crippen LogP contribution >= 0.6 is 39.1 Å². The van der Waals surface area contributed by atoms with Gasteiger partial charge >= 0.3 is 5.97 Å². The van der Waals surface area contributed by atoms with Gasteiger partial charge in [-0.15, -0.1) is 0 Å². The number of benzene rings is 2. The van der Waals surface area contributed by atoms with E-state index in [4.69, 9.17) is 23.2 Å². The van der Waals surface area contributed by atoms with Crippen LogP contribution in [0.15, 0.2) is 39.7 Å². The molecular weight excluding hydrogens is 445 g/mol. The Hall–Kier alpha value is -1.48. The molecule has 0 saturated carbocycles. The monoisotopic (exact) mass is 453 g/mol. The molecule has 2 aromatic rings. The van der Waals surface area contributed by atoms with E-state index in [1.54, 1.807) is 0 Å². The number of esters is 1. The highest BCUT2D eigenvalue weighted by atomic mass is 79.9. The molecule has 0 heterocycles. The Morgan fingerprint density at radius 2 is 1.88 bits per heavy atom. The fourth-order valence-electron chi connectivity index (χ4n) is 1.84. The Bertz CT molecular complexity index is 918. The third kappa shape index (κ3) is 4.13. The second-order valence-electron chi connectivity index (χ2n) is 4.56. The number of ether oxygens (including phenoxy) is 1. The molecule has 2 rings (SSSR count). The smallest absolute Gasteiger partial charge is 0.337 e. The first-order chi connectivity index (χ1) is 11.1. The number of methoxy groups -OCH3 is 1. The molecule has 6 nitrogen and oxygen atoms in total. The first-order valence-electron chi connectivity index (χ1n) is 6.24. The van der Waals surface area contributed by atoms with Gasteiger partial charge in [-0.1, -0.05) is 39.1 Å². The maximum atomic E-state index is 12.5. The lowest BCUT2D eigenvalue weighted by Crippen LogP contribution is -2.14. The number of phenols is 1. The lowest BCUT2D eigenvalue weighted by atomic mass is 10.2. The topological polar surface area (TPSA) is 92.7 Å². The number of rotatable bonds is 4. The predicted molar refractivity (Wildman–Crippen MR) is 94.4 cm³/mol. The van der Waals surface area contributed by atoms with Crippen molar-refractivity contribution in [1.82, 2.24) is 0 Å². The zero-order chi connectivity index (χ0) is 18.1. The Labute approximate surface area is 156 Å². The number of hydrogen-bond donors (Lipinski definition) is 2. The third-order valence-corrected chi connectivity index (χ3v) is 5.21. The number of hydrogen-bond acceptors (Lipinski definition) is 5. The van der Waals surface area contributed by atoms with Gasteiger partial charge in [0.2, 0.25) is 0 Å². The molecule has 0 bridgehead atoms. The van der Waals surface area contributed by atoms with Crippen molar-refractivity contribution in [3.8, 4) is 5.75 Å². The molecule has 10 heteroatoms. The van der Waals surface area contributed by atoms with Gasteiger partial charge < -0.3 is 9.84 Å². The van der Waals surface area contributed by atoms with Crippen molar-refractivity contribution < 1.29 is 23.1 Å². The van der Waals surface area contributed by atoms with Gasteiger partial charge in [0.25, 0.3) is 10.0 Å². The Balaban J connectivity index is 2.47. The van der Waals surface area contributed by atoms with Gasteiger partial charge in [-0.05, 0) is 30.3 Å². The van der Waals surface area contributed by atoms with E-state index in [0.29, 0.717) is 4.47 Å². The quantitative estimate of drug-likeness (QED) is 0.679. The van der Waals surface area contributed by atoms with Crippen LogP contribution in [0.4, 0.5) is 5.69 Å². The SMILES string of the molecule is COC(=O)c1cc(Cl)cc(NS(=O)(=O)c2cc(Br)cc(Cl)c2O)c1. The van der Waals surface area contributed by atoms with Crippen molar-refractivity contribution in [1.29, 1.82) is 0 Å². The summed E-state index contributed by atoms with van der Waals surface area (Å²) in [6.07, 6.45) is 0. The van der Waals surface area contributed by atoms with Crippen LogP contribution in [0.2, 0.25) is 10.0 Å². The molecule has 0 aliphatic heterocycles. The van der Waals surface area contributed by atoms with Crippen LogP contribution in [0.1, 0.15) is 10.4 Å². The molecule has 24 heavy (non-hydrogen) atoms. The van der Waals surface area contributed by atoms with Crippen molar-refractivity contribution in [2.45, 2.75) is 4.90 Å². The average molecular weight is 455 g/mol. The summed E-state index contributed by atoms with van der Waals surface area (Å²) in [5.41, 5.74) is 0.0950. The van der Waals surface area contributed by atoms with Crippen LogP contribution in [0.25, 0.3) is 0 Å². The molecule has 0 radical (unpaired) electrons. The van der Waals surface area contributed by atoms with E-state index in [0.717, 1.165) is 0 Å². The summed E-state index contributed by atoms with van der Waals surface area (Å²) in [5.74, 6) is -1.27. The van der Waals surface area contributed by atoms with E-state index in [9.17, 15) is 18.3 Å². The number of halogens is 3. The van der Waals surface area contributed by atoms with Crippen LogP contribution in [0.5, 0.6) is 5.75 Å². The van der Waals surface area contributed by atoms with E-state index in [-0.39, 0.29) is 21.3 Å². The van der Waals surface area contributed by atoms with Crippen LogP contribution in [0.3, 0.4) is 0 Å². The maximum absolute atomic E-state index is 12.5. The van der Waals surface area contributed by atoms with Crippen LogP contribution in [-0.2, 0) is 14.8 Å². The van der Waals surface area contributed by atoms with Crippen molar-refractivity contribution in [2.75, 3.05) is 11.8 Å². The molecule has 2 N–H and O–H groups in total. The number of nitrogens with one attached hydrogen (secondary N) is 1. The molecule has 0 fully saturated rings. The van der Waals surface area contributed by atoms with Crippen LogP contribution in [0, 0.1) is 0 Å². The molecule has 0 aliphatic rings. The van der Waals surface area contributed by atoms with Gasteiger partial charge in [0.1, 0.15) is 4.90 Å². The summed E-state index contributed by atoms with van der Waals surface area (Å²) >= 11 is 14.8. The molecular formula is C14H10BrCl2NO5S. The lowest BCUT2D eigenvalue weighted by Gasteiger charge is -2.12. The van der Waals surface area contributed by atoms with E-state index >= 15 is 0 Å². The number of phenolic OH excluding ortho intramolecular Hbond substituents is 1. The minimum atomic E-state index is -4.18.